The van der Waals surface area contributed by atoms with Gasteiger partial charge in [-0.05, 0) is 25.2 Å². The number of hydrogen-bond acceptors (Lipinski definition) is 6. The summed E-state index contributed by atoms with van der Waals surface area (Å²) in [5, 5.41) is 10.6. The maximum Gasteiger partial charge on any atom is 0.107 e. The number of hydrogen-bond donors (Lipinski definition) is 1. The van der Waals surface area contributed by atoms with Crippen molar-refractivity contribution in [2.45, 2.75) is 32.7 Å². The molecule has 1 aliphatic heterocycles. The van der Waals surface area contributed by atoms with Crippen molar-refractivity contribution in [1.82, 2.24) is 14.8 Å². The normalized spacial score (nSPS) is 22.5. The van der Waals surface area contributed by atoms with Crippen LogP contribution in [0.4, 0.5) is 0 Å². The lowest BCUT2D eigenvalue weighted by atomic mass is 9.93. The van der Waals surface area contributed by atoms with E-state index in [2.05, 4.69) is 16.7 Å². The van der Waals surface area contributed by atoms with Gasteiger partial charge in [0, 0.05) is 37.6 Å². The number of fused-ring (bicyclic) bond motifs is 1. The van der Waals surface area contributed by atoms with E-state index in [0.717, 1.165) is 64.8 Å². The van der Waals surface area contributed by atoms with E-state index in [-0.39, 0.29) is 6.61 Å². The van der Waals surface area contributed by atoms with Gasteiger partial charge in [0.15, 0.2) is 0 Å². The van der Waals surface area contributed by atoms with Crippen molar-refractivity contribution in [3.05, 3.63) is 15.6 Å². The van der Waals surface area contributed by atoms with Crippen molar-refractivity contribution in [2.24, 2.45) is 5.92 Å². The SMILES string of the molecule is CC1CCc2nc(CN(CCO)CCN3CCOCC3)sc2C1. The van der Waals surface area contributed by atoms with Crippen LogP contribution < -0.4 is 0 Å². The number of rotatable bonds is 7. The zero-order valence-corrected chi connectivity index (χ0v) is 15.0. The van der Waals surface area contributed by atoms with Crippen molar-refractivity contribution in [1.29, 1.82) is 0 Å². The molecule has 0 amide bonds. The fraction of sp³-hybridized carbons (Fsp3) is 0.824. The third kappa shape index (κ3) is 4.97. The molecule has 1 fully saturated rings. The average Bonchev–Trinajstić information content (AvgIpc) is 2.95. The van der Waals surface area contributed by atoms with E-state index in [9.17, 15) is 5.11 Å². The number of thiazole rings is 1. The molecule has 1 aromatic heterocycles. The first-order valence-corrected chi connectivity index (χ1v) is 9.67. The van der Waals surface area contributed by atoms with Crippen molar-refractivity contribution in [3.8, 4) is 0 Å². The molecule has 5 nitrogen and oxygen atoms in total. The molecule has 1 aromatic rings. The smallest absolute Gasteiger partial charge is 0.107 e. The van der Waals surface area contributed by atoms with E-state index in [1.807, 2.05) is 11.3 Å². The summed E-state index contributed by atoms with van der Waals surface area (Å²) in [5.74, 6) is 0.797. The van der Waals surface area contributed by atoms with Crippen molar-refractivity contribution < 1.29 is 9.84 Å². The van der Waals surface area contributed by atoms with Crippen LogP contribution in [-0.4, -0.2) is 72.4 Å². The van der Waals surface area contributed by atoms with Crippen LogP contribution in [-0.2, 0) is 24.1 Å². The quantitative estimate of drug-likeness (QED) is 0.814. The van der Waals surface area contributed by atoms with E-state index < -0.39 is 0 Å². The second-order valence-electron chi connectivity index (χ2n) is 6.78. The summed E-state index contributed by atoms with van der Waals surface area (Å²) < 4.78 is 5.40. The summed E-state index contributed by atoms with van der Waals surface area (Å²) in [4.78, 5) is 11.1. The molecule has 2 heterocycles. The number of aromatic nitrogens is 1. The Morgan fingerprint density at radius 2 is 2.17 bits per heavy atom. The van der Waals surface area contributed by atoms with Gasteiger partial charge < -0.3 is 9.84 Å². The van der Waals surface area contributed by atoms with Crippen LogP contribution in [0.2, 0.25) is 0 Å². The molecule has 130 valence electrons. The highest BCUT2D eigenvalue weighted by Crippen LogP contribution is 2.30. The van der Waals surface area contributed by atoms with Gasteiger partial charge in [0.05, 0.1) is 32.1 Å². The maximum absolute atomic E-state index is 9.36. The summed E-state index contributed by atoms with van der Waals surface area (Å²) in [6.45, 7) is 9.92. The fourth-order valence-electron chi connectivity index (χ4n) is 3.37. The largest absolute Gasteiger partial charge is 0.395 e. The van der Waals surface area contributed by atoms with Crippen LogP contribution in [0.25, 0.3) is 0 Å². The molecule has 3 rings (SSSR count). The lowest BCUT2D eigenvalue weighted by molar-refractivity contribution is 0.0320. The van der Waals surface area contributed by atoms with E-state index in [0.29, 0.717) is 0 Å². The van der Waals surface area contributed by atoms with Crippen molar-refractivity contribution in [2.75, 3.05) is 52.5 Å². The van der Waals surface area contributed by atoms with Crippen molar-refractivity contribution >= 4 is 11.3 Å². The maximum atomic E-state index is 9.36. The van der Waals surface area contributed by atoms with Crippen LogP contribution in [0.3, 0.4) is 0 Å². The Labute approximate surface area is 143 Å². The van der Waals surface area contributed by atoms with Gasteiger partial charge in [-0.15, -0.1) is 11.3 Å². The van der Waals surface area contributed by atoms with Gasteiger partial charge in [-0.1, -0.05) is 6.92 Å². The first-order valence-electron chi connectivity index (χ1n) is 8.85. The minimum atomic E-state index is 0.214. The molecule has 1 saturated heterocycles. The monoisotopic (exact) mass is 339 g/mol. The van der Waals surface area contributed by atoms with Gasteiger partial charge in [-0.2, -0.15) is 0 Å². The standard InChI is InChI=1S/C17H29N3O2S/c1-14-2-3-15-16(12-14)23-17(18-15)13-20(6-9-21)5-4-19-7-10-22-11-8-19/h14,21H,2-13H2,1H3. The van der Waals surface area contributed by atoms with Gasteiger partial charge in [0.1, 0.15) is 5.01 Å². The summed E-state index contributed by atoms with van der Waals surface area (Å²) >= 11 is 1.89. The summed E-state index contributed by atoms with van der Waals surface area (Å²) in [6, 6.07) is 0. The van der Waals surface area contributed by atoms with Crippen molar-refractivity contribution in [3.63, 3.8) is 0 Å². The van der Waals surface area contributed by atoms with Gasteiger partial charge in [0.25, 0.3) is 0 Å². The van der Waals surface area contributed by atoms with Crippen LogP contribution in [0, 0.1) is 5.92 Å². The molecule has 0 saturated carbocycles. The lowest BCUT2D eigenvalue weighted by Crippen LogP contribution is -2.41. The van der Waals surface area contributed by atoms with E-state index in [4.69, 9.17) is 9.72 Å². The molecule has 0 bridgehead atoms. The predicted molar refractivity (Wildman–Crippen MR) is 92.9 cm³/mol. The molecular formula is C17H29N3O2S. The minimum absolute atomic E-state index is 0.214. The molecule has 1 aliphatic carbocycles. The molecule has 0 aromatic carbocycles. The third-order valence-electron chi connectivity index (χ3n) is 4.84. The molecule has 0 radical (unpaired) electrons. The number of ether oxygens (including phenoxy) is 1. The highest BCUT2D eigenvalue weighted by molar-refractivity contribution is 7.11. The molecular weight excluding hydrogens is 310 g/mol. The number of aliphatic hydroxyl groups is 1. The Balaban J connectivity index is 1.54. The van der Waals surface area contributed by atoms with Gasteiger partial charge in [0.2, 0.25) is 0 Å². The molecule has 2 aliphatic rings. The third-order valence-corrected chi connectivity index (χ3v) is 5.95. The van der Waals surface area contributed by atoms with E-state index in [1.165, 1.54) is 28.4 Å². The Hall–Kier alpha value is -0.530. The van der Waals surface area contributed by atoms with E-state index in [1.54, 1.807) is 0 Å². The molecule has 23 heavy (non-hydrogen) atoms. The Bertz CT molecular complexity index is 488. The van der Waals surface area contributed by atoms with E-state index >= 15 is 0 Å². The highest BCUT2D eigenvalue weighted by atomic mass is 32.1. The first kappa shape index (κ1) is 17.3. The number of aliphatic hydroxyl groups excluding tert-OH is 1. The molecule has 0 spiro atoms. The predicted octanol–water partition coefficient (Wildman–Crippen LogP) is 1.39. The zero-order valence-electron chi connectivity index (χ0n) is 14.2. The second-order valence-corrected chi connectivity index (χ2v) is 7.95. The molecule has 6 heteroatoms. The topological polar surface area (TPSA) is 48.8 Å². The number of nitrogens with zero attached hydrogens (tertiary/aromatic N) is 3. The summed E-state index contributed by atoms with van der Waals surface area (Å²) in [5.41, 5.74) is 1.33. The highest BCUT2D eigenvalue weighted by Gasteiger charge is 2.21. The van der Waals surface area contributed by atoms with Crippen LogP contribution in [0.1, 0.15) is 28.9 Å². The number of aryl methyl sites for hydroxylation is 1. The molecule has 1 unspecified atom stereocenters. The lowest BCUT2D eigenvalue weighted by Gasteiger charge is -2.29. The zero-order chi connectivity index (χ0) is 16.1. The first-order chi connectivity index (χ1) is 11.2. The minimum Gasteiger partial charge on any atom is -0.395 e. The van der Waals surface area contributed by atoms with Gasteiger partial charge in [-0.25, -0.2) is 4.98 Å². The molecule has 1 N–H and O–H groups in total. The van der Waals surface area contributed by atoms with Crippen LogP contribution >= 0.6 is 11.3 Å². The average molecular weight is 340 g/mol. The molecule has 1 atom stereocenters. The second kappa shape index (κ2) is 8.53. The van der Waals surface area contributed by atoms with Crippen LogP contribution in [0.15, 0.2) is 0 Å². The Morgan fingerprint density at radius 1 is 1.35 bits per heavy atom. The fourth-order valence-corrected chi connectivity index (χ4v) is 4.69. The van der Waals surface area contributed by atoms with Crippen LogP contribution in [0.5, 0.6) is 0 Å². The summed E-state index contributed by atoms with van der Waals surface area (Å²) in [7, 11) is 0. The van der Waals surface area contributed by atoms with Gasteiger partial charge in [-0.3, -0.25) is 9.80 Å². The Kier molecular flexibility index (Phi) is 6.42. The Morgan fingerprint density at radius 3 is 2.96 bits per heavy atom. The number of morpholine rings is 1. The summed E-state index contributed by atoms with van der Waals surface area (Å²) in [6.07, 6.45) is 3.61. The van der Waals surface area contributed by atoms with Gasteiger partial charge >= 0.3 is 0 Å².